The molecule has 20 heavy (non-hydrogen) atoms. The number of benzene rings is 1. The molecule has 0 fully saturated rings. The van der Waals surface area contributed by atoms with Crippen LogP contribution in [0.5, 0.6) is 11.5 Å². The molecule has 108 valence electrons. The molecular formula is C12H12BrNO4S2. The molecule has 0 aliphatic rings. The average molecular weight is 378 g/mol. The average Bonchev–Trinajstić information content (AvgIpc) is 2.73. The van der Waals surface area contributed by atoms with E-state index in [1.54, 1.807) is 12.1 Å². The summed E-state index contributed by atoms with van der Waals surface area (Å²) in [6.45, 7) is 1.81. The fourth-order valence-electron chi connectivity index (χ4n) is 1.48. The van der Waals surface area contributed by atoms with Crippen molar-refractivity contribution < 1.29 is 18.3 Å². The lowest BCUT2D eigenvalue weighted by Crippen LogP contribution is -2.11. The van der Waals surface area contributed by atoms with E-state index in [0.717, 1.165) is 20.7 Å². The molecule has 5 nitrogen and oxygen atoms in total. The predicted octanol–water partition coefficient (Wildman–Crippen LogP) is 3.33. The zero-order valence-corrected chi connectivity index (χ0v) is 13.9. The fourth-order valence-corrected chi connectivity index (χ4v) is 4.77. The smallest absolute Gasteiger partial charge is 0.271 e. The standard InChI is InChI=1S/C12H12BrNO4S2/c1-7-5-11(19-12(7)13)20(16,17)14-9-6-8(18-2)3-4-10(9)15/h3-6,14-15H,1-2H3. The first kappa shape index (κ1) is 15.1. The number of ether oxygens (including phenoxy) is 1. The summed E-state index contributed by atoms with van der Waals surface area (Å²) in [5.41, 5.74) is 0.914. The van der Waals surface area contributed by atoms with E-state index in [1.807, 2.05) is 6.92 Å². The highest BCUT2D eigenvalue weighted by Gasteiger charge is 2.20. The number of hydrogen-bond acceptors (Lipinski definition) is 5. The number of phenolic OH excluding ortho intramolecular Hbond substituents is 1. The van der Waals surface area contributed by atoms with Crippen LogP contribution >= 0.6 is 27.3 Å². The highest BCUT2D eigenvalue weighted by atomic mass is 79.9. The monoisotopic (exact) mass is 377 g/mol. The molecule has 1 aromatic heterocycles. The van der Waals surface area contributed by atoms with Gasteiger partial charge in [0.1, 0.15) is 15.7 Å². The Kier molecular flexibility index (Phi) is 4.26. The first-order valence-electron chi connectivity index (χ1n) is 5.49. The lowest BCUT2D eigenvalue weighted by atomic mass is 10.3. The lowest BCUT2D eigenvalue weighted by molar-refractivity contribution is 0.413. The maximum Gasteiger partial charge on any atom is 0.271 e. The van der Waals surface area contributed by atoms with Crippen molar-refractivity contribution in [1.29, 1.82) is 0 Å². The van der Waals surface area contributed by atoms with Gasteiger partial charge >= 0.3 is 0 Å². The number of sulfonamides is 1. The van der Waals surface area contributed by atoms with Crippen molar-refractivity contribution in [2.75, 3.05) is 11.8 Å². The third-order valence-electron chi connectivity index (χ3n) is 2.55. The predicted molar refractivity (Wildman–Crippen MR) is 82.2 cm³/mol. The van der Waals surface area contributed by atoms with E-state index in [9.17, 15) is 13.5 Å². The van der Waals surface area contributed by atoms with Crippen molar-refractivity contribution in [3.63, 3.8) is 0 Å². The van der Waals surface area contributed by atoms with Gasteiger partial charge in [0, 0.05) is 6.07 Å². The van der Waals surface area contributed by atoms with Crippen LogP contribution in [0.1, 0.15) is 5.56 Å². The molecule has 0 radical (unpaired) electrons. The quantitative estimate of drug-likeness (QED) is 0.801. The zero-order chi connectivity index (χ0) is 14.9. The van der Waals surface area contributed by atoms with Gasteiger partial charge in [0.25, 0.3) is 10.0 Å². The van der Waals surface area contributed by atoms with Gasteiger partial charge < -0.3 is 9.84 Å². The number of hydrogen-bond donors (Lipinski definition) is 2. The third kappa shape index (κ3) is 3.08. The van der Waals surface area contributed by atoms with Gasteiger partial charge in [-0.3, -0.25) is 4.72 Å². The second-order valence-electron chi connectivity index (χ2n) is 4.01. The van der Waals surface area contributed by atoms with Crippen LogP contribution in [0.3, 0.4) is 0 Å². The third-order valence-corrected chi connectivity index (χ3v) is 6.52. The van der Waals surface area contributed by atoms with Crippen molar-refractivity contribution in [1.82, 2.24) is 0 Å². The van der Waals surface area contributed by atoms with E-state index < -0.39 is 10.0 Å². The molecule has 0 saturated heterocycles. The van der Waals surface area contributed by atoms with Crippen LogP contribution in [-0.2, 0) is 10.0 Å². The van der Waals surface area contributed by atoms with Crippen molar-refractivity contribution in [3.05, 3.63) is 33.6 Å². The molecule has 0 aliphatic carbocycles. The first-order chi connectivity index (χ1) is 9.33. The number of halogens is 1. The van der Waals surface area contributed by atoms with Crippen molar-refractivity contribution >= 4 is 43.0 Å². The van der Waals surface area contributed by atoms with Crippen LogP contribution < -0.4 is 9.46 Å². The molecule has 0 amide bonds. The molecule has 2 N–H and O–H groups in total. The SMILES string of the molecule is COc1ccc(O)c(NS(=O)(=O)c2cc(C)c(Br)s2)c1. The summed E-state index contributed by atoms with van der Waals surface area (Å²) in [6, 6.07) is 5.89. The highest BCUT2D eigenvalue weighted by molar-refractivity contribution is 9.11. The molecule has 8 heteroatoms. The number of phenols is 1. The number of anilines is 1. The number of nitrogens with one attached hydrogen (secondary N) is 1. The molecule has 0 saturated carbocycles. The first-order valence-corrected chi connectivity index (χ1v) is 8.58. The Bertz CT molecular complexity index is 720. The van der Waals surface area contributed by atoms with Gasteiger partial charge in [-0.25, -0.2) is 8.42 Å². The molecule has 2 rings (SSSR count). The molecule has 0 spiro atoms. The normalized spacial score (nSPS) is 11.3. The topological polar surface area (TPSA) is 75.6 Å². The van der Waals surface area contributed by atoms with E-state index in [1.165, 1.54) is 19.2 Å². The summed E-state index contributed by atoms with van der Waals surface area (Å²) in [4.78, 5) is 0. The maximum atomic E-state index is 12.2. The van der Waals surface area contributed by atoms with Gasteiger partial charge in [-0.1, -0.05) is 0 Å². The molecule has 2 aromatic rings. The minimum Gasteiger partial charge on any atom is -0.506 e. The minimum absolute atomic E-state index is 0.0755. The van der Waals surface area contributed by atoms with Crippen molar-refractivity contribution in [3.8, 4) is 11.5 Å². The Morgan fingerprint density at radius 1 is 1.35 bits per heavy atom. The van der Waals surface area contributed by atoms with Crippen LogP contribution in [-0.4, -0.2) is 20.6 Å². The highest BCUT2D eigenvalue weighted by Crippen LogP contribution is 2.34. The van der Waals surface area contributed by atoms with E-state index in [0.29, 0.717) is 5.75 Å². The van der Waals surface area contributed by atoms with Gasteiger partial charge in [0.15, 0.2) is 0 Å². The van der Waals surface area contributed by atoms with Gasteiger partial charge in [0.05, 0.1) is 16.6 Å². The van der Waals surface area contributed by atoms with E-state index in [-0.39, 0.29) is 15.6 Å². The fraction of sp³-hybridized carbons (Fsp3) is 0.167. The Morgan fingerprint density at radius 2 is 2.05 bits per heavy atom. The lowest BCUT2D eigenvalue weighted by Gasteiger charge is -2.09. The molecule has 1 aromatic carbocycles. The summed E-state index contributed by atoms with van der Waals surface area (Å²) in [5, 5.41) is 9.71. The van der Waals surface area contributed by atoms with Crippen molar-refractivity contribution in [2.24, 2.45) is 0 Å². The van der Waals surface area contributed by atoms with Crippen LogP contribution in [0.15, 0.2) is 32.3 Å². The number of aromatic hydroxyl groups is 1. The Labute approximate surface area is 129 Å². The van der Waals surface area contributed by atoms with Crippen molar-refractivity contribution in [2.45, 2.75) is 11.1 Å². The molecule has 0 aliphatic heterocycles. The largest absolute Gasteiger partial charge is 0.506 e. The number of thiophene rings is 1. The minimum atomic E-state index is -3.74. The van der Waals surface area contributed by atoms with Crippen LogP contribution in [0.4, 0.5) is 5.69 Å². The Hall–Kier alpha value is -1.25. The maximum absolute atomic E-state index is 12.2. The number of methoxy groups -OCH3 is 1. The Balaban J connectivity index is 2.37. The molecule has 1 heterocycles. The summed E-state index contributed by atoms with van der Waals surface area (Å²) in [5.74, 6) is 0.283. The van der Waals surface area contributed by atoms with E-state index in [2.05, 4.69) is 20.7 Å². The van der Waals surface area contributed by atoms with Gasteiger partial charge in [0.2, 0.25) is 0 Å². The van der Waals surface area contributed by atoms with Crippen LogP contribution in [0.2, 0.25) is 0 Å². The summed E-state index contributed by atoms with van der Waals surface area (Å²) in [6.07, 6.45) is 0. The molecule has 0 bridgehead atoms. The van der Waals surface area contributed by atoms with Crippen LogP contribution in [0.25, 0.3) is 0 Å². The number of aryl methyl sites for hydroxylation is 1. The number of rotatable bonds is 4. The van der Waals surface area contributed by atoms with E-state index >= 15 is 0 Å². The molecule has 0 unspecified atom stereocenters. The van der Waals surface area contributed by atoms with Gasteiger partial charge in [-0.2, -0.15) is 0 Å². The molecular weight excluding hydrogens is 366 g/mol. The van der Waals surface area contributed by atoms with Crippen LogP contribution in [0, 0.1) is 6.92 Å². The second-order valence-corrected chi connectivity index (χ2v) is 8.29. The van der Waals surface area contributed by atoms with Gasteiger partial charge in [-0.15, -0.1) is 11.3 Å². The zero-order valence-electron chi connectivity index (χ0n) is 10.7. The molecule has 0 atom stereocenters. The van der Waals surface area contributed by atoms with E-state index in [4.69, 9.17) is 4.74 Å². The van der Waals surface area contributed by atoms with Gasteiger partial charge in [-0.05, 0) is 46.6 Å². The summed E-state index contributed by atoms with van der Waals surface area (Å²) >= 11 is 4.40. The second kappa shape index (κ2) is 5.63. The summed E-state index contributed by atoms with van der Waals surface area (Å²) < 4.78 is 32.8. The summed E-state index contributed by atoms with van der Waals surface area (Å²) in [7, 11) is -2.28. The Morgan fingerprint density at radius 3 is 2.60 bits per heavy atom.